The number of aromatic nitrogens is 2. The van der Waals surface area contributed by atoms with Gasteiger partial charge in [0.1, 0.15) is 23.9 Å². The fraction of sp³-hybridized carbons (Fsp3) is 0.118. The molecule has 0 spiro atoms. The number of ether oxygens (including phenoxy) is 2. The lowest BCUT2D eigenvalue weighted by Crippen LogP contribution is -2.27. The highest BCUT2D eigenvalue weighted by molar-refractivity contribution is 5.84. The van der Waals surface area contributed by atoms with Crippen molar-refractivity contribution in [3.63, 3.8) is 0 Å². The Balaban J connectivity index is 1.60. The number of methoxy groups -OCH3 is 1. The molecule has 1 aromatic heterocycles. The van der Waals surface area contributed by atoms with E-state index in [2.05, 4.69) is 0 Å². The van der Waals surface area contributed by atoms with Gasteiger partial charge in [-0.15, -0.1) is 0 Å². The van der Waals surface area contributed by atoms with Gasteiger partial charge in [0, 0.05) is 11.1 Å². The van der Waals surface area contributed by atoms with Crippen molar-refractivity contribution in [3.8, 4) is 22.6 Å². The fourth-order valence-corrected chi connectivity index (χ4v) is 4.55. The first-order chi connectivity index (χ1) is 19.5. The molecule has 0 saturated heterocycles. The molecule has 0 aliphatic rings. The number of nitrogens with zero attached hydrogens (tertiary/aromatic N) is 2. The zero-order chi connectivity index (χ0) is 27.9. The van der Waals surface area contributed by atoms with Gasteiger partial charge in [-0.05, 0) is 60.0 Å². The van der Waals surface area contributed by atoms with Crippen LogP contribution in [0.1, 0.15) is 27.9 Å². The predicted molar refractivity (Wildman–Crippen MR) is 157 cm³/mol. The summed E-state index contributed by atoms with van der Waals surface area (Å²) in [7, 11) is 1.61. The molecular weight excluding hydrogens is 503 g/mol. The first kappa shape index (κ1) is 26.6. The third-order valence-electron chi connectivity index (χ3n) is 6.54. The minimum atomic E-state index is -0.343. The summed E-state index contributed by atoms with van der Waals surface area (Å²) < 4.78 is 26.8. The second-order valence-electron chi connectivity index (χ2n) is 9.34. The van der Waals surface area contributed by atoms with E-state index in [0.717, 1.165) is 22.4 Å². The first-order valence-corrected chi connectivity index (χ1v) is 13.0. The minimum Gasteiger partial charge on any atom is -0.497 e. The summed E-state index contributed by atoms with van der Waals surface area (Å²) in [5.41, 5.74) is 4.88. The highest BCUT2D eigenvalue weighted by Crippen LogP contribution is 2.34. The number of benzene rings is 4. The molecule has 0 N–H and O–H groups in total. The van der Waals surface area contributed by atoms with Crippen LogP contribution in [0, 0.1) is 12.7 Å². The highest BCUT2D eigenvalue weighted by Gasteiger charge is 2.19. The monoisotopic (exact) mass is 532 g/mol. The third-order valence-corrected chi connectivity index (χ3v) is 6.54. The molecule has 40 heavy (non-hydrogen) atoms. The number of halogens is 1. The molecular formula is C34H29FN2O3. The normalized spacial score (nSPS) is 11.1. The van der Waals surface area contributed by atoms with Gasteiger partial charge in [-0.3, -0.25) is 4.79 Å². The molecule has 5 nitrogen and oxygen atoms in total. The lowest BCUT2D eigenvalue weighted by Gasteiger charge is -2.17. The maximum absolute atomic E-state index is 13.9. The summed E-state index contributed by atoms with van der Waals surface area (Å²) in [4.78, 5) is 13.9. The summed E-state index contributed by atoms with van der Waals surface area (Å²) in [6.07, 6.45) is 3.48. The third kappa shape index (κ3) is 6.18. The SMILES string of the molecule is COc1ccc(Cn2nc(C)c(-c3ccccc3OCc3ccccc3)c(C=Cc3cccc(F)c3)c2=O)cc1. The Labute approximate surface area is 232 Å². The number of rotatable bonds is 9. The average molecular weight is 533 g/mol. The molecule has 200 valence electrons. The molecule has 0 amide bonds. The van der Waals surface area contributed by atoms with Gasteiger partial charge in [0.2, 0.25) is 0 Å². The topological polar surface area (TPSA) is 53.4 Å². The molecule has 5 aromatic rings. The van der Waals surface area contributed by atoms with Crippen molar-refractivity contribution in [2.75, 3.05) is 7.11 Å². The zero-order valence-corrected chi connectivity index (χ0v) is 22.4. The average Bonchev–Trinajstić information content (AvgIpc) is 2.98. The van der Waals surface area contributed by atoms with Crippen LogP contribution in [-0.2, 0) is 13.2 Å². The van der Waals surface area contributed by atoms with E-state index >= 15 is 0 Å². The lowest BCUT2D eigenvalue weighted by molar-refractivity contribution is 0.307. The van der Waals surface area contributed by atoms with Crippen molar-refractivity contribution in [2.24, 2.45) is 0 Å². The predicted octanol–water partition coefficient (Wildman–Crippen LogP) is 7.16. The summed E-state index contributed by atoms with van der Waals surface area (Å²) in [5, 5.41) is 4.70. The summed E-state index contributed by atoms with van der Waals surface area (Å²) in [6.45, 7) is 2.55. The lowest BCUT2D eigenvalue weighted by atomic mass is 9.97. The van der Waals surface area contributed by atoms with Gasteiger partial charge in [0.05, 0.1) is 24.9 Å². The Morgan fingerprint density at radius 2 is 1.60 bits per heavy atom. The van der Waals surface area contributed by atoms with E-state index in [1.54, 1.807) is 31.4 Å². The summed E-state index contributed by atoms with van der Waals surface area (Å²) in [5.74, 6) is 1.04. The highest BCUT2D eigenvalue weighted by atomic mass is 19.1. The molecule has 6 heteroatoms. The number of aryl methyl sites for hydroxylation is 1. The van der Waals surface area contributed by atoms with Gasteiger partial charge in [-0.25, -0.2) is 9.07 Å². The molecule has 0 radical (unpaired) electrons. The van der Waals surface area contributed by atoms with Gasteiger partial charge >= 0.3 is 0 Å². The van der Waals surface area contributed by atoms with E-state index in [1.807, 2.05) is 85.8 Å². The number of hydrogen-bond donors (Lipinski definition) is 0. The maximum atomic E-state index is 13.9. The maximum Gasteiger partial charge on any atom is 0.274 e. The van der Waals surface area contributed by atoms with Crippen molar-refractivity contribution in [3.05, 3.63) is 147 Å². The molecule has 0 bridgehead atoms. The molecule has 0 fully saturated rings. The molecule has 0 aliphatic heterocycles. The van der Waals surface area contributed by atoms with Gasteiger partial charge in [-0.2, -0.15) is 5.10 Å². The molecule has 1 heterocycles. The quantitative estimate of drug-likeness (QED) is 0.202. The van der Waals surface area contributed by atoms with Gasteiger partial charge in [0.25, 0.3) is 5.56 Å². The van der Waals surface area contributed by atoms with Crippen LogP contribution in [-0.4, -0.2) is 16.9 Å². The smallest absolute Gasteiger partial charge is 0.274 e. The minimum absolute atomic E-state index is 0.262. The first-order valence-electron chi connectivity index (χ1n) is 13.0. The van der Waals surface area contributed by atoms with Crippen molar-refractivity contribution >= 4 is 12.2 Å². The summed E-state index contributed by atoms with van der Waals surface area (Å²) >= 11 is 0. The second-order valence-corrected chi connectivity index (χ2v) is 9.34. The summed E-state index contributed by atoms with van der Waals surface area (Å²) in [6, 6.07) is 31.3. The van der Waals surface area contributed by atoms with Crippen LogP contribution >= 0.6 is 0 Å². The number of para-hydroxylation sites is 1. The van der Waals surface area contributed by atoms with Crippen LogP contribution < -0.4 is 15.0 Å². The van der Waals surface area contributed by atoms with Crippen molar-refractivity contribution in [1.82, 2.24) is 9.78 Å². The van der Waals surface area contributed by atoms with E-state index < -0.39 is 0 Å². The molecule has 0 saturated carbocycles. The van der Waals surface area contributed by atoms with Crippen LogP contribution in [0.25, 0.3) is 23.3 Å². The van der Waals surface area contributed by atoms with Crippen molar-refractivity contribution < 1.29 is 13.9 Å². The van der Waals surface area contributed by atoms with Crippen LogP contribution in [0.4, 0.5) is 4.39 Å². The van der Waals surface area contributed by atoms with E-state index in [4.69, 9.17) is 14.6 Å². The number of hydrogen-bond acceptors (Lipinski definition) is 4. The van der Waals surface area contributed by atoms with Crippen LogP contribution in [0.2, 0.25) is 0 Å². The van der Waals surface area contributed by atoms with Gasteiger partial charge < -0.3 is 9.47 Å². The second kappa shape index (κ2) is 12.3. The van der Waals surface area contributed by atoms with Crippen molar-refractivity contribution in [2.45, 2.75) is 20.1 Å². The Morgan fingerprint density at radius 3 is 2.35 bits per heavy atom. The largest absolute Gasteiger partial charge is 0.497 e. The molecule has 4 aromatic carbocycles. The van der Waals surface area contributed by atoms with Gasteiger partial charge in [-0.1, -0.05) is 78.9 Å². The Kier molecular flexibility index (Phi) is 8.16. The van der Waals surface area contributed by atoms with Crippen LogP contribution in [0.5, 0.6) is 11.5 Å². The Hall–Kier alpha value is -4.97. The zero-order valence-electron chi connectivity index (χ0n) is 22.4. The molecule has 0 aliphatic carbocycles. The van der Waals surface area contributed by atoms with E-state index in [0.29, 0.717) is 34.7 Å². The van der Waals surface area contributed by atoms with E-state index in [-0.39, 0.29) is 17.9 Å². The van der Waals surface area contributed by atoms with Crippen molar-refractivity contribution in [1.29, 1.82) is 0 Å². The molecule has 5 rings (SSSR count). The molecule has 0 unspecified atom stereocenters. The Bertz CT molecular complexity index is 1690. The van der Waals surface area contributed by atoms with E-state index in [1.165, 1.54) is 16.8 Å². The Morgan fingerprint density at radius 1 is 0.850 bits per heavy atom. The molecule has 0 atom stereocenters. The van der Waals surface area contributed by atoms with Crippen LogP contribution in [0.3, 0.4) is 0 Å². The fourth-order valence-electron chi connectivity index (χ4n) is 4.55. The van der Waals surface area contributed by atoms with Crippen LogP contribution in [0.15, 0.2) is 108 Å². The van der Waals surface area contributed by atoms with Gasteiger partial charge in [0.15, 0.2) is 0 Å². The standard InChI is InChI=1S/C34H29FN2O3/c1-24-33(30-13-6-7-14-32(30)40-23-27-9-4-3-5-10-27)31(20-17-25-11-8-12-28(35)21-25)34(38)37(36-24)22-26-15-18-29(39-2)19-16-26/h3-21H,22-23H2,1-2H3. The van der Waals surface area contributed by atoms with E-state index in [9.17, 15) is 9.18 Å².